The molecule has 0 fully saturated rings. The number of fused-ring (bicyclic) bond motifs is 1. The van der Waals surface area contributed by atoms with Gasteiger partial charge in [-0.1, -0.05) is 25.1 Å². The van der Waals surface area contributed by atoms with Crippen molar-refractivity contribution in [2.75, 3.05) is 6.54 Å². The first-order valence-electron chi connectivity index (χ1n) is 6.88. The van der Waals surface area contributed by atoms with E-state index in [1.54, 1.807) is 11.3 Å². The lowest BCUT2D eigenvalue weighted by molar-refractivity contribution is 0.603. The number of rotatable bonds is 4. The van der Waals surface area contributed by atoms with Crippen LogP contribution in [0.4, 0.5) is 0 Å². The Balaban J connectivity index is 2.00. The van der Waals surface area contributed by atoms with E-state index < -0.39 is 0 Å². The number of furan rings is 1. The molecule has 0 bridgehead atoms. The molecule has 0 aliphatic rings. The molecule has 0 radical (unpaired) electrons. The fourth-order valence-electron chi connectivity index (χ4n) is 2.40. The van der Waals surface area contributed by atoms with E-state index in [2.05, 4.69) is 43.2 Å². The van der Waals surface area contributed by atoms with Gasteiger partial charge in [-0.15, -0.1) is 11.3 Å². The number of benzene rings is 1. The molecule has 2 heterocycles. The number of para-hydroxylation sites is 1. The molecule has 0 spiro atoms. The van der Waals surface area contributed by atoms with Crippen molar-refractivity contribution in [2.24, 2.45) is 0 Å². The van der Waals surface area contributed by atoms with Crippen LogP contribution >= 0.6 is 11.3 Å². The van der Waals surface area contributed by atoms with Crippen molar-refractivity contribution in [1.82, 2.24) is 10.3 Å². The lowest BCUT2D eigenvalue weighted by Crippen LogP contribution is -2.17. The molecule has 0 saturated carbocycles. The van der Waals surface area contributed by atoms with Crippen molar-refractivity contribution in [1.29, 1.82) is 0 Å². The van der Waals surface area contributed by atoms with Gasteiger partial charge in [-0.25, -0.2) is 4.98 Å². The molecule has 0 saturated heterocycles. The van der Waals surface area contributed by atoms with Gasteiger partial charge in [0.05, 0.1) is 5.69 Å². The molecular formula is C16H18N2OS. The summed E-state index contributed by atoms with van der Waals surface area (Å²) in [6.45, 7) is 7.31. The van der Waals surface area contributed by atoms with Gasteiger partial charge in [0.2, 0.25) is 0 Å². The van der Waals surface area contributed by atoms with Crippen molar-refractivity contribution in [3.8, 4) is 10.8 Å². The maximum atomic E-state index is 5.89. The van der Waals surface area contributed by atoms with Gasteiger partial charge in [0, 0.05) is 16.3 Å². The van der Waals surface area contributed by atoms with Gasteiger partial charge in [0.25, 0.3) is 0 Å². The highest BCUT2D eigenvalue weighted by atomic mass is 32.1. The summed E-state index contributed by atoms with van der Waals surface area (Å²) in [5.74, 6) is 0.856. The highest BCUT2D eigenvalue weighted by Gasteiger charge is 2.16. The van der Waals surface area contributed by atoms with E-state index in [1.807, 2.05) is 18.2 Å². The fraction of sp³-hybridized carbons (Fsp3) is 0.312. The van der Waals surface area contributed by atoms with Gasteiger partial charge in [-0.05, 0) is 32.5 Å². The van der Waals surface area contributed by atoms with Gasteiger partial charge in [0.1, 0.15) is 5.58 Å². The first-order valence-corrected chi connectivity index (χ1v) is 7.70. The molecule has 1 unspecified atom stereocenters. The number of nitrogens with zero attached hydrogens (tertiary/aromatic N) is 1. The third-order valence-corrected chi connectivity index (χ3v) is 4.73. The zero-order valence-electron chi connectivity index (χ0n) is 11.9. The summed E-state index contributed by atoms with van der Waals surface area (Å²) in [4.78, 5) is 5.94. The zero-order chi connectivity index (χ0) is 14.1. The van der Waals surface area contributed by atoms with Crippen LogP contribution in [-0.2, 0) is 0 Å². The van der Waals surface area contributed by atoms with Crippen LogP contribution in [0.3, 0.4) is 0 Å². The number of aryl methyl sites for hydroxylation is 1. The molecule has 1 atom stereocenters. The van der Waals surface area contributed by atoms with Crippen LogP contribution in [0, 0.1) is 6.92 Å². The maximum absolute atomic E-state index is 5.89. The first-order chi connectivity index (χ1) is 9.69. The Hall–Kier alpha value is -1.65. The summed E-state index contributed by atoms with van der Waals surface area (Å²) >= 11 is 1.71. The molecule has 3 nitrogen and oxygen atoms in total. The van der Waals surface area contributed by atoms with Crippen molar-refractivity contribution < 1.29 is 4.42 Å². The highest BCUT2D eigenvalue weighted by Crippen LogP contribution is 2.34. The Morgan fingerprint density at radius 2 is 2.15 bits per heavy atom. The Kier molecular flexibility index (Phi) is 3.59. The number of hydrogen-bond donors (Lipinski definition) is 1. The van der Waals surface area contributed by atoms with Crippen LogP contribution in [0.5, 0.6) is 0 Å². The van der Waals surface area contributed by atoms with Crippen LogP contribution in [0.15, 0.2) is 34.7 Å². The Morgan fingerprint density at radius 3 is 2.90 bits per heavy atom. The smallest absolute Gasteiger partial charge is 0.164 e. The summed E-state index contributed by atoms with van der Waals surface area (Å²) in [6, 6.07) is 10.5. The van der Waals surface area contributed by atoms with E-state index in [4.69, 9.17) is 4.42 Å². The average Bonchev–Trinajstić information content (AvgIpc) is 3.02. The van der Waals surface area contributed by atoms with Crippen LogP contribution in [0.1, 0.15) is 30.5 Å². The van der Waals surface area contributed by atoms with Gasteiger partial charge >= 0.3 is 0 Å². The lowest BCUT2D eigenvalue weighted by Gasteiger charge is -2.09. The van der Waals surface area contributed by atoms with E-state index in [9.17, 15) is 0 Å². The van der Waals surface area contributed by atoms with Crippen LogP contribution in [0.25, 0.3) is 21.7 Å². The maximum Gasteiger partial charge on any atom is 0.164 e. The van der Waals surface area contributed by atoms with E-state index in [1.165, 1.54) is 4.88 Å². The van der Waals surface area contributed by atoms with Crippen molar-refractivity contribution in [3.05, 3.63) is 40.9 Å². The second kappa shape index (κ2) is 5.38. The van der Waals surface area contributed by atoms with Gasteiger partial charge in [-0.3, -0.25) is 0 Å². The van der Waals surface area contributed by atoms with E-state index in [-0.39, 0.29) is 0 Å². The third kappa shape index (κ3) is 2.37. The minimum absolute atomic E-state index is 0.329. The largest absolute Gasteiger partial charge is 0.454 e. The molecule has 2 aromatic heterocycles. The van der Waals surface area contributed by atoms with Crippen molar-refractivity contribution in [2.45, 2.75) is 26.8 Å². The molecule has 20 heavy (non-hydrogen) atoms. The molecule has 104 valence electrons. The first kappa shape index (κ1) is 13.3. The second-order valence-corrected chi connectivity index (χ2v) is 5.93. The summed E-state index contributed by atoms with van der Waals surface area (Å²) in [7, 11) is 0. The van der Waals surface area contributed by atoms with Gasteiger partial charge < -0.3 is 9.73 Å². The summed E-state index contributed by atoms with van der Waals surface area (Å²) in [6.07, 6.45) is 0. The predicted molar refractivity (Wildman–Crippen MR) is 84.2 cm³/mol. The number of hydrogen-bond acceptors (Lipinski definition) is 4. The molecule has 1 N–H and O–H groups in total. The van der Waals surface area contributed by atoms with Crippen molar-refractivity contribution in [3.63, 3.8) is 0 Å². The summed E-state index contributed by atoms with van der Waals surface area (Å²) in [5, 5.41) is 5.51. The topological polar surface area (TPSA) is 38.1 Å². The summed E-state index contributed by atoms with van der Waals surface area (Å²) < 4.78 is 5.89. The monoisotopic (exact) mass is 286 g/mol. The summed E-state index contributed by atoms with van der Waals surface area (Å²) in [5.41, 5.74) is 2.00. The molecule has 0 aliphatic carbocycles. The van der Waals surface area contributed by atoms with Crippen molar-refractivity contribution >= 4 is 22.3 Å². The number of thiazole rings is 1. The molecule has 3 aromatic rings. The zero-order valence-corrected chi connectivity index (χ0v) is 12.8. The minimum Gasteiger partial charge on any atom is -0.454 e. The van der Waals surface area contributed by atoms with Crippen LogP contribution in [0.2, 0.25) is 0 Å². The predicted octanol–water partition coefficient (Wildman–Crippen LogP) is 4.54. The molecule has 3 rings (SSSR count). The van der Waals surface area contributed by atoms with Gasteiger partial charge in [0.15, 0.2) is 10.8 Å². The minimum atomic E-state index is 0.329. The SMILES string of the molecule is CCNC(C)c1sc(-c2cc3ccccc3o2)nc1C. The highest BCUT2D eigenvalue weighted by molar-refractivity contribution is 7.15. The Bertz CT molecular complexity index is 696. The quantitative estimate of drug-likeness (QED) is 0.765. The fourth-order valence-corrected chi connectivity index (χ4v) is 3.45. The molecule has 4 heteroatoms. The Morgan fingerprint density at radius 1 is 1.35 bits per heavy atom. The molecule has 1 aromatic carbocycles. The number of aromatic nitrogens is 1. The third-order valence-electron chi connectivity index (χ3n) is 3.37. The van der Waals surface area contributed by atoms with Gasteiger partial charge in [-0.2, -0.15) is 0 Å². The average molecular weight is 286 g/mol. The van der Waals surface area contributed by atoms with E-state index >= 15 is 0 Å². The normalized spacial score (nSPS) is 12.9. The standard InChI is InChI=1S/C16H18N2OS/c1-4-17-10(2)15-11(3)18-16(20-15)14-9-12-7-5-6-8-13(12)19-14/h5-10,17H,4H2,1-3H3. The molecule has 0 amide bonds. The Labute approximate surface area is 122 Å². The second-order valence-electron chi connectivity index (χ2n) is 4.90. The number of nitrogens with one attached hydrogen (secondary N) is 1. The van der Waals surface area contributed by atoms with E-state index in [0.717, 1.165) is 34.0 Å². The lowest BCUT2D eigenvalue weighted by atomic mass is 10.2. The molecular weight excluding hydrogens is 268 g/mol. The van der Waals surface area contributed by atoms with E-state index in [0.29, 0.717) is 6.04 Å². The molecule has 0 aliphatic heterocycles. The van der Waals surface area contributed by atoms with Crippen LogP contribution in [-0.4, -0.2) is 11.5 Å². The van der Waals surface area contributed by atoms with Crippen LogP contribution < -0.4 is 5.32 Å².